The SMILES string of the molecule is Cc1cc(CNC(=O)CCn2nc(C)c(C)c2C)c2[nH]c3c(c2c1)CCCC3. The van der Waals surface area contributed by atoms with E-state index in [9.17, 15) is 4.79 Å². The second-order valence-electron chi connectivity index (χ2n) is 8.18. The Bertz CT molecular complexity index is 1040. The molecule has 0 saturated heterocycles. The van der Waals surface area contributed by atoms with E-state index >= 15 is 0 Å². The van der Waals surface area contributed by atoms with Crippen LogP contribution in [-0.4, -0.2) is 20.7 Å². The number of aromatic nitrogens is 3. The molecule has 148 valence electrons. The smallest absolute Gasteiger partial charge is 0.222 e. The molecule has 0 fully saturated rings. The fraction of sp³-hybridized carbons (Fsp3) is 0.478. The van der Waals surface area contributed by atoms with Gasteiger partial charge in [-0.2, -0.15) is 5.10 Å². The minimum Gasteiger partial charge on any atom is -0.358 e. The van der Waals surface area contributed by atoms with E-state index < -0.39 is 0 Å². The zero-order valence-corrected chi connectivity index (χ0v) is 17.4. The third-order valence-electron chi connectivity index (χ3n) is 6.20. The summed E-state index contributed by atoms with van der Waals surface area (Å²) in [5.41, 5.74) is 9.89. The molecule has 2 aromatic heterocycles. The lowest BCUT2D eigenvalue weighted by Crippen LogP contribution is -2.24. The molecule has 1 aliphatic carbocycles. The van der Waals surface area contributed by atoms with Crippen LogP contribution >= 0.6 is 0 Å². The maximum absolute atomic E-state index is 12.4. The molecule has 4 rings (SSSR count). The molecule has 0 spiro atoms. The van der Waals surface area contributed by atoms with E-state index in [2.05, 4.69) is 48.3 Å². The number of benzene rings is 1. The molecule has 0 aliphatic heterocycles. The second-order valence-corrected chi connectivity index (χ2v) is 8.18. The number of H-pyrrole nitrogens is 1. The van der Waals surface area contributed by atoms with Crippen molar-refractivity contribution in [2.75, 3.05) is 0 Å². The Morgan fingerprint density at radius 2 is 1.96 bits per heavy atom. The Balaban J connectivity index is 1.45. The molecule has 0 atom stereocenters. The molecular weight excluding hydrogens is 348 g/mol. The summed E-state index contributed by atoms with van der Waals surface area (Å²) < 4.78 is 1.94. The van der Waals surface area contributed by atoms with Crippen molar-refractivity contribution in [2.24, 2.45) is 0 Å². The normalized spacial score (nSPS) is 13.7. The lowest BCUT2D eigenvalue weighted by molar-refractivity contribution is -0.121. The van der Waals surface area contributed by atoms with Crippen molar-refractivity contribution >= 4 is 16.8 Å². The lowest BCUT2D eigenvalue weighted by Gasteiger charge is -2.11. The van der Waals surface area contributed by atoms with Crippen molar-refractivity contribution < 1.29 is 4.79 Å². The summed E-state index contributed by atoms with van der Waals surface area (Å²) in [5.74, 6) is 0.0659. The number of aromatic amines is 1. The van der Waals surface area contributed by atoms with Gasteiger partial charge in [0.1, 0.15) is 0 Å². The van der Waals surface area contributed by atoms with Gasteiger partial charge < -0.3 is 10.3 Å². The van der Waals surface area contributed by atoms with Crippen LogP contribution in [0.2, 0.25) is 0 Å². The summed E-state index contributed by atoms with van der Waals surface area (Å²) in [6, 6.07) is 4.47. The zero-order chi connectivity index (χ0) is 19.8. The maximum Gasteiger partial charge on any atom is 0.222 e. The summed E-state index contributed by atoms with van der Waals surface area (Å²) in [7, 11) is 0. The van der Waals surface area contributed by atoms with Gasteiger partial charge in [-0.15, -0.1) is 0 Å². The summed E-state index contributed by atoms with van der Waals surface area (Å²) >= 11 is 0. The van der Waals surface area contributed by atoms with Gasteiger partial charge in [-0.25, -0.2) is 0 Å². The third kappa shape index (κ3) is 3.46. The predicted molar refractivity (Wildman–Crippen MR) is 113 cm³/mol. The first-order chi connectivity index (χ1) is 13.4. The Kier molecular flexibility index (Phi) is 5.00. The minimum absolute atomic E-state index is 0.0659. The largest absolute Gasteiger partial charge is 0.358 e. The first-order valence-electron chi connectivity index (χ1n) is 10.3. The molecule has 0 unspecified atom stereocenters. The number of hydrogen-bond donors (Lipinski definition) is 2. The molecule has 5 nitrogen and oxygen atoms in total. The first kappa shape index (κ1) is 18.8. The Hall–Kier alpha value is -2.56. The van der Waals surface area contributed by atoms with E-state index in [1.165, 1.54) is 51.7 Å². The number of fused-ring (bicyclic) bond motifs is 3. The van der Waals surface area contributed by atoms with Crippen LogP contribution in [0.15, 0.2) is 12.1 Å². The van der Waals surface area contributed by atoms with Crippen LogP contribution in [0, 0.1) is 27.7 Å². The van der Waals surface area contributed by atoms with Crippen LogP contribution < -0.4 is 5.32 Å². The summed E-state index contributed by atoms with van der Waals surface area (Å²) in [6.45, 7) is 9.46. The quantitative estimate of drug-likeness (QED) is 0.699. The van der Waals surface area contributed by atoms with Crippen molar-refractivity contribution in [1.29, 1.82) is 0 Å². The number of nitrogens with one attached hydrogen (secondary N) is 2. The van der Waals surface area contributed by atoms with Crippen LogP contribution in [0.3, 0.4) is 0 Å². The monoisotopic (exact) mass is 378 g/mol. The molecule has 0 radical (unpaired) electrons. The molecule has 1 aliphatic rings. The highest BCUT2D eigenvalue weighted by molar-refractivity contribution is 5.89. The molecule has 1 amide bonds. The van der Waals surface area contributed by atoms with Gasteiger partial charge in [0.05, 0.1) is 11.2 Å². The van der Waals surface area contributed by atoms with E-state index in [-0.39, 0.29) is 5.91 Å². The molecule has 0 bridgehead atoms. The van der Waals surface area contributed by atoms with Gasteiger partial charge in [0.25, 0.3) is 0 Å². The van der Waals surface area contributed by atoms with Gasteiger partial charge in [0, 0.05) is 36.3 Å². The Labute approximate surface area is 166 Å². The molecule has 1 aromatic carbocycles. The van der Waals surface area contributed by atoms with Crippen molar-refractivity contribution in [3.8, 4) is 0 Å². The Morgan fingerprint density at radius 1 is 1.18 bits per heavy atom. The fourth-order valence-corrected chi connectivity index (χ4v) is 4.37. The van der Waals surface area contributed by atoms with Crippen LogP contribution in [0.25, 0.3) is 10.9 Å². The van der Waals surface area contributed by atoms with Crippen LogP contribution in [0.5, 0.6) is 0 Å². The molecule has 2 N–H and O–H groups in total. The standard InChI is InChI=1S/C23H30N4O/c1-14-11-18(23-20(12-14)19-7-5-6-8-21(19)25-23)13-24-22(28)9-10-27-17(4)15(2)16(3)26-27/h11-12,25H,5-10,13H2,1-4H3,(H,24,28). The van der Waals surface area contributed by atoms with Gasteiger partial charge >= 0.3 is 0 Å². The second kappa shape index (κ2) is 7.46. The highest BCUT2D eigenvalue weighted by Crippen LogP contribution is 2.31. The molecule has 2 heterocycles. The van der Waals surface area contributed by atoms with Gasteiger partial charge in [0.15, 0.2) is 0 Å². The Morgan fingerprint density at radius 3 is 2.71 bits per heavy atom. The van der Waals surface area contributed by atoms with E-state index in [4.69, 9.17) is 0 Å². The van der Waals surface area contributed by atoms with Crippen molar-refractivity contribution in [3.05, 3.63) is 51.5 Å². The average molecular weight is 379 g/mol. The molecular formula is C23H30N4O. The van der Waals surface area contributed by atoms with Crippen LogP contribution in [0.1, 0.15) is 58.6 Å². The van der Waals surface area contributed by atoms with Gasteiger partial charge in [-0.05, 0) is 76.1 Å². The van der Waals surface area contributed by atoms with Gasteiger partial charge in [-0.1, -0.05) is 11.6 Å². The average Bonchev–Trinajstić information content (AvgIpc) is 3.17. The van der Waals surface area contributed by atoms with E-state index in [1.807, 2.05) is 11.6 Å². The van der Waals surface area contributed by atoms with Crippen molar-refractivity contribution in [2.45, 2.75) is 72.9 Å². The van der Waals surface area contributed by atoms with Crippen LogP contribution in [0.4, 0.5) is 0 Å². The minimum atomic E-state index is 0.0659. The summed E-state index contributed by atoms with van der Waals surface area (Å²) in [6.07, 6.45) is 5.27. The lowest BCUT2D eigenvalue weighted by atomic mass is 9.94. The molecule has 5 heteroatoms. The number of nitrogens with zero attached hydrogens (tertiary/aromatic N) is 2. The van der Waals surface area contributed by atoms with Crippen molar-refractivity contribution in [1.82, 2.24) is 20.1 Å². The topological polar surface area (TPSA) is 62.7 Å². The molecule has 0 saturated carbocycles. The number of hydrogen-bond acceptors (Lipinski definition) is 2. The third-order valence-corrected chi connectivity index (χ3v) is 6.20. The van der Waals surface area contributed by atoms with E-state index in [0.29, 0.717) is 19.5 Å². The predicted octanol–water partition coefficient (Wildman–Crippen LogP) is 4.18. The highest BCUT2D eigenvalue weighted by atomic mass is 16.1. The number of aryl methyl sites for hydroxylation is 5. The van der Waals surface area contributed by atoms with E-state index in [0.717, 1.165) is 24.2 Å². The zero-order valence-electron chi connectivity index (χ0n) is 17.4. The van der Waals surface area contributed by atoms with E-state index in [1.54, 1.807) is 0 Å². The number of amides is 1. The van der Waals surface area contributed by atoms with Gasteiger partial charge in [-0.3, -0.25) is 9.48 Å². The molecule has 3 aromatic rings. The summed E-state index contributed by atoms with van der Waals surface area (Å²) in [4.78, 5) is 16.1. The number of carbonyl (C=O) groups excluding carboxylic acids is 1. The number of carbonyl (C=O) groups is 1. The molecule has 28 heavy (non-hydrogen) atoms. The fourth-order valence-electron chi connectivity index (χ4n) is 4.37. The maximum atomic E-state index is 12.4. The van der Waals surface area contributed by atoms with Gasteiger partial charge in [0.2, 0.25) is 5.91 Å². The first-order valence-corrected chi connectivity index (χ1v) is 10.3. The highest BCUT2D eigenvalue weighted by Gasteiger charge is 2.18. The summed E-state index contributed by atoms with van der Waals surface area (Å²) in [5, 5.41) is 8.98. The van der Waals surface area contributed by atoms with Crippen molar-refractivity contribution in [3.63, 3.8) is 0 Å². The number of rotatable bonds is 5. The van der Waals surface area contributed by atoms with Crippen LogP contribution in [-0.2, 0) is 30.7 Å².